The van der Waals surface area contributed by atoms with E-state index < -0.39 is 16.1 Å². The molecule has 0 radical (unpaired) electrons. The number of benzene rings is 2. The van der Waals surface area contributed by atoms with Crippen molar-refractivity contribution in [2.75, 3.05) is 24.2 Å². The number of rotatable bonds is 13. The van der Waals surface area contributed by atoms with Crippen molar-refractivity contribution in [3.63, 3.8) is 0 Å². The summed E-state index contributed by atoms with van der Waals surface area (Å²) in [5.74, 6) is -0.0104. The third-order valence-electron chi connectivity index (χ3n) is 6.35. The molecule has 0 unspecified atom stereocenters. The number of nitrogens with one attached hydrogen (secondary N) is 1. The molecule has 0 heterocycles. The molecule has 2 aromatic rings. The third-order valence-corrected chi connectivity index (χ3v) is 7.84. The van der Waals surface area contributed by atoms with Crippen molar-refractivity contribution in [2.24, 2.45) is 0 Å². The van der Waals surface area contributed by atoms with E-state index in [0.717, 1.165) is 23.8 Å². The van der Waals surface area contributed by atoms with E-state index in [0.29, 0.717) is 11.4 Å². The van der Waals surface area contributed by atoms with Crippen LogP contribution in [0.15, 0.2) is 42.5 Å². The van der Waals surface area contributed by atoms with Crippen molar-refractivity contribution in [2.45, 2.75) is 65.6 Å². The summed E-state index contributed by atoms with van der Waals surface area (Å²) in [5.41, 5.74) is 2.36. The molecule has 0 aromatic heterocycles. The molecule has 2 aromatic carbocycles. The summed E-state index contributed by atoms with van der Waals surface area (Å²) in [6.45, 7) is 7.95. The van der Waals surface area contributed by atoms with Crippen molar-refractivity contribution in [1.82, 2.24) is 10.2 Å². The summed E-state index contributed by atoms with van der Waals surface area (Å²) in [6.07, 6.45) is 2.22. The molecule has 0 aliphatic heterocycles. The van der Waals surface area contributed by atoms with Gasteiger partial charge in [0.15, 0.2) is 0 Å². The van der Waals surface area contributed by atoms with Crippen LogP contribution in [0, 0.1) is 6.92 Å². The van der Waals surface area contributed by atoms with Gasteiger partial charge in [0.1, 0.15) is 11.8 Å². The third kappa shape index (κ3) is 8.64. The minimum Gasteiger partial charge on any atom is -0.495 e. The maximum absolute atomic E-state index is 13.4. The van der Waals surface area contributed by atoms with Crippen LogP contribution in [0.3, 0.4) is 0 Å². The van der Waals surface area contributed by atoms with E-state index in [9.17, 15) is 18.0 Å². The summed E-state index contributed by atoms with van der Waals surface area (Å²) in [4.78, 5) is 27.9. The second kappa shape index (κ2) is 13.7. The van der Waals surface area contributed by atoms with Gasteiger partial charge in [-0.15, -0.1) is 0 Å². The number of amides is 2. The number of carbonyl (C=O) groups excluding carboxylic acids is 2. The van der Waals surface area contributed by atoms with Crippen LogP contribution < -0.4 is 14.4 Å². The molecular weight excluding hydrogens is 514 g/mol. The molecule has 204 valence electrons. The number of aryl methyl sites for hydroxylation is 1. The predicted octanol–water partition coefficient (Wildman–Crippen LogP) is 4.54. The van der Waals surface area contributed by atoms with Gasteiger partial charge < -0.3 is 15.0 Å². The molecule has 2 rings (SSSR count). The highest BCUT2D eigenvalue weighted by atomic mass is 35.5. The Hall–Kier alpha value is -2.78. The standard InChI is InChI=1S/C27H38ClN3O5S/c1-7-20(3)29-27(33)21(4)30(18-22-12-9-8-11-19(22)2)26(32)13-10-16-31(37(6,34)35)23-14-15-25(36-5)24(28)17-23/h8-9,11-12,14-15,17,20-21H,7,10,13,16,18H2,1-6H3,(H,29,33)/t20-,21+/m0/s1. The Morgan fingerprint density at radius 2 is 1.81 bits per heavy atom. The van der Waals surface area contributed by atoms with E-state index in [1.807, 2.05) is 45.0 Å². The molecule has 10 heteroatoms. The normalized spacial score (nSPS) is 12.9. The minimum atomic E-state index is -3.63. The maximum atomic E-state index is 13.4. The fourth-order valence-electron chi connectivity index (χ4n) is 3.83. The number of anilines is 1. The molecule has 0 fully saturated rings. The molecule has 0 spiro atoms. The van der Waals surface area contributed by atoms with Crippen molar-refractivity contribution >= 4 is 39.1 Å². The molecule has 0 saturated heterocycles. The quantitative estimate of drug-likeness (QED) is 0.394. The highest BCUT2D eigenvalue weighted by Gasteiger charge is 2.27. The highest BCUT2D eigenvalue weighted by molar-refractivity contribution is 7.92. The van der Waals surface area contributed by atoms with Gasteiger partial charge in [-0.05, 0) is 62.9 Å². The fraction of sp³-hybridized carbons (Fsp3) is 0.481. The van der Waals surface area contributed by atoms with Crippen LogP contribution in [-0.2, 0) is 26.2 Å². The van der Waals surface area contributed by atoms with E-state index in [4.69, 9.17) is 16.3 Å². The number of halogens is 1. The van der Waals surface area contributed by atoms with Gasteiger partial charge >= 0.3 is 0 Å². The molecule has 0 saturated carbocycles. The number of carbonyl (C=O) groups is 2. The second-order valence-corrected chi connectivity index (χ2v) is 11.5. The van der Waals surface area contributed by atoms with Crippen LogP contribution >= 0.6 is 11.6 Å². The summed E-state index contributed by atoms with van der Waals surface area (Å²) in [5, 5.41) is 3.24. The number of sulfonamides is 1. The molecule has 1 N–H and O–H groups in total. The van der Waals surface area contributed by atoms with Crippen LogP contribution in [0.5, 0.6) is 5.75 Å². The van der Waals surface area contributed by atoms with Crippen LogP contribution in [0.4, 0.5) is 5.69 Å². The van der Waals surface area contributed by atoms with E-state index in [1.165, 1.54) is 17.5 Å². The minimum absolute atomic E-state index is 0.00926. The van der Waals surface area contributed by atoms with Gasteiger partial charge in [0, 0.05) is 25.6 Å². The van der Waals surface area contributed by atoms with Crippen molar-refractivity contribution < 1.29 is 22.7 Å². The largest absolute Gasteiger partial charge is 0.495 e. The lowest BCUT2D eigenvalue weighted by Gasteiger charge is -2.30. The average molecular weight is 552 g/mol. The Morgan fingerprint density at radius 1 is 1.14 bits per heavy atom. The lowest BCUT2D eigenvalue weighted by Crippen LogP contribution is -2.49. The number of nitrogens with zero attached hydrogens (tertiary/aromatic N) is 2. The number of hydrogen-bond donors (Lipinski definition) is 1. The lowest BCUT2D eigenvalue weighted by molar-refractivity contribution is -0.140. The SMILES string of the molecule is CC[C@H](C)NC(=O)[C@@H](C)N(Cc1ccccc1C)C(=O)CCCN(c1ccc(OC)c(Cl)c1)S(C)(=O)=O. The van der Waals surface area contributed by atoms with E-state index in [1.54, 1.807) is 24.0 Å². The average Bonchev–Trinajstić information content (AvgIpc) is 2.84. The smallest absolute Gasteiger partial charge is 0.242 e. The zero-order chi connectivity index (χ0) is 27.8. The Labute approximate surface area is 226 Å². The van der Waals surface area contributed by atoms with Gasteiger partial charge in [-0.2, -0.15) is 0 Å². The summed E-state index contributed by atoms with van der Waals surface area (Å²) in [7, 11) is -2.15. The fourth-order valence-corrected chi connectivity index (χ4v) is 5.04. The van der Waals surface area contributed by atoms with Gasteiger partial charge in [0.2, 0.25) is 21.8 Å². The van der Waals surface area contributed by atoms with Crippen LogP contribution in [0.1, 0.15) is 51.2 Å². The Balaban J connectivity index is 2.21. The molecule has 2 atom stereocenters. The van der Waals surface area contributed by atoms with Crippen LogP contribution in [-0.4, -0.2) is 57.1 Å². The molecule has 8 nitrogen and oxygen atoms in total. The number of ether oxygens (including phenoxy) is 1. The Kier molecular flexibility index (Phi) is 11.3. The van der Waals surface area contributed by atoms with Crippen LogP contribution in [0.2, 0.25) is 5.02 Å². The number of hydrogen-bond acceptors (Lipinski definition) is 5. The van der Waals surface area contributed by atoms with E-state index in [-0.39, 0.29) is 48.8 Å². The van der Waals surface area contributed by atoms with Gasteiger partial charge in [-0.25, -0.2) is 8.42 Å². The van der Waals surface area contributed by atoms with Crippen molar-refractivity contribution in [1.29, 1.82) is 0 Å². The summed E-state index contributed by atoms with van der Waals surface area (Å²) < 4.78 is 31.4. The topological polar surface area (TPSA) is 96.0 Å². The van der Waals surface area contributed by atoms with Gasteiger partial charge in [-0.3, -0.25) is 13.9 Å². The molecule has 0 bridgehead atoms. The van der Waals surface area contributed by atoms with Gasteiger partial charge in [0.05, 0.1) is 24.1 Å². The van der Waals surface area contributed by atoms with E-state index in [2.05, 4.69) is 5.32 Å². The summed E-state index contributed by atoms with van der Waals surface area (Å²) in [6, 6.07) is 11.8. The predicted molar refractivity (Wildman–Crippen MR) is 149 cm³/mol. The first-order valence-electron chi connectivity index (χ1n) is 12.3. The van der Waals surface area contributed by atoms with Crippen LogP contribution in [0.25, 0.3) is 0 Å². The molecule has 0 aliphatic carbocycles. The first-order valence-corrected chi connectivity index (χ1v) is 14.6. The maximum Gasteiger partial charge on any atom is 0.242 e. The van der Waals surface area contributed by atoms with Crippen molar-refractivity contribution in [3.05, 3.63) is 58.6 Å². The summed E-state index contributed by atoms with van der Waals surface area (Å²) >= 11 is 6.21. The second-order valence-electron chi connectivity index (χ2n) is 9.20. The van der Waals surface area contributed by atoms with E-state index >= 15 is 0 Å². The lowest BCUT2D eigenvalue weighted by atomic mass is 10.1. The Bertz CT molecular complexity index is 1190. The van der Waals surface area contributed by atoms with Crippen molar-refractivity contribution in [3.8, 4) is 5.75 Å². The molecular formula is C27H38ClN3O5S. The monoisotopic (exact) mass is 551 g/mol. The molecule has 0 aliphatic rings. The zero-order valence-corrected chi connectivity index (χ0v) is 24.0. The molecule has 37 heavy (non-hydrogen) atoms. The Morgan fingerprint density at radius 3 is 2.38 bits per heavy atom. The highest BCUT2D eigenvalue weighted by Crippen LogP contribution is 2.30. The number of methoxy groups -OCH3 is 1. The molecule has 2 amide bonds. The first kappa shape index (κ1) is 30.4. The van der Waals surface area contributed by atoms with Gasteiger partial charge in [0.25, 0.3) is 0 Å². The van der Waals surface area contributed by atoms with Gasteiger partial charge in [-0.1, -0.05) is 42.8 Å². The first-order chi connectivity index (χ1) is 17.4. The zero-order valence-electron chi connectivity index (χ0n) is 22.5.